The summed E-state index contributed by atoms with van der Waals surface area (Å²) < 4.78 is 27.3. The van der Waals surface area contributed by atoms with Gasteiger partial charge in [-0.3, -0.25) is 4.79 Å². The van der Waals surface area contributed by atoms with Crippen molar-refractivity contribution in [3.05, 3.63) is 52.2 Å². The summed E-state index contributed by atoms with van der Waals surface area (Å²) in [4.78, 5) is 13.0. The monoisotopic (exact) mass is 392 g/mol. The SMILES string of the molecule is Cc1ccc(S(=O)(=O)N2CCC[C@H]2C(=O)NC(C)Cc2ccsc2)cc1. The van der Waals surface area contributed by atoms with Crippen LogP contribution in [-0.4, -0.2) is 37.3 Å². The van der Waals surface area contributed by atoms with E-state index in [1.54, 1.807) is 35.6 Å². The van der Waals surface area contributed by atoms with E-state index >= 15 is 0 Å². The van der Waals surface area contributed by atoms with Gasteiger partial charge in [0.2, 0.25) is 15.9 Å². The molecule has 0 spiro atoms. The lowest BCUT2D eigenvalue weighted by molar-refractivity contribution is -0.124. The first-order valence-corrected chi connectivity index (χ1v) is 11.2. The van der Waals surface area contributed by atoms with E-state index in [2.05, 4.69) is 10.7 Å². The molecule has 2 aromatic rings. The number of aryl methyl sites for hydroxylation is 1. The van der Waals surface area contributed by atoms with Gasteiger partial charge in [-0.2, -0.15) is 15.6 Å². The number of hydrogen-bond acceptors (Lipinski definition) is 4. The van der Waals surface area contributed by atoms with Crippen LogP contribution in [0, 0.1) is 6.92 Å². The maximum atomic E-state index is 12.9. The van der Waals surface area contributed by atoms with Crippen LogP contribution in [0.1, 0.15) is 30.9 Å². The number of amides is 1. The Bertz CT molecular complexity index is 845. The van der Waals surface area contributed by atoms with Gasteiger partial charge in [-0.05, 0) is 67.6 Å². The van der Waals surface area contributed by atoms with Crippen molar-refractivity contribution in [3.8, 4) is 0 Å². The average molecular weight is 393 g/mol. The molecule has 1 amide bonds. The number of carbonyl (C=O) groups excluding carboxylic acids is 1. The van der Waals surface area contributed by atoms with Gasteiger partial charge in [-0.25, -0.2) is 8.42 Å². The maximum Gasteiger partial charge on any atom is 0.243 e. The molecule has 140 valence electrons. The molecule has 0 saturated carbocycles. The fourth-order valence-corrected chi connectivity index (χ4v) is 5.63. The summed E-state index contributed by atoms with van der Waals surface area (Å²) in [6, 6.07) is 8.14. The standard InChI is InChI=1S/C19H24N2O3S2/c1-14-5-7-17(8-6-14)26(23,24)21-10-3-4-18(21)19(22)20-15(2)12-16-9-11-25-13-16/h5-9,11,13,15,18H,3-4,10,12H2,1-2H3,(H,20,22)/t15?,18-/m0/s1. The van der Waals surface area contributed by atoms with Crippen LogP contribution in [0.3, 0.4) is 0 Å². The van der Waals surface area contributed by atoms with E-state index in [-0.39, 0.29) is 16.8 Å². The molecule has 1 aliphatic rings. The second kappa shape index (κ2) is 7.90. The van der Waals surface area contributed by atoms with Gasteiger partial charge in [0, 0.05) is 12.6 Å². The normalized spacial score (nSPS) is 19.4. The van der Waals surface area contributed by atoms with Gasteiger partial charge in [0.1, 0.15) is 6.04 Å². The van der Waals surface area contributed by atoms with Crippen LogP contribution in [0.2, 0.25) is 0 Å². The number of rotatable bonds is 6. The number of benzene rings is 1. The Morgan fingerprint density at radius 3 is 2.69 bits per heavy atom. The second-order valence-corrected chi connectivity index (χ2v) is 9.50. The van der Waals surface area contributed by atoms with Crippen LogP contribution in [0.4, 0.5) is 0 Å². The fourth-order valence-electron chi connectivity index (χ4n) is 3.29. The summed E-state index contributed by atoms with van der Waals surface area (Å²) >= 11 is 1.63. The topological polar surface area (TPSA) is 66.5 Å². The zero-order valence-corrected chi connectivity index (χ0v) is 16.6. The molecule has 3 rings (SSSR count). The Kier molecular flexibility index (Phi) is 5.79. The number of nitrogens with one attached hydrogen (secondary N) is 1. The predicted octanol–water partition coefficient (Wildman–Crippen LogP) is 2.96. The Morgan fingerprint density at radius 1 is 1.31 bits per heavy atom. The molecule has 26 heavy (non-hydrogen) atoms. The highest BCUT2D eigenvalue weighted by molar-refractivity contribution is 7.89. The lowest BCUT2D eigenvalue weighted by atomic mass is 10.1. The van der Waals surface area contributed by atoms with Crippen molar-refractivity contribution in [1.82, 2.24) is 9.62 Å². The van der Waals surface area contributed by atoms with Crippen molar-refractivity contribution < 1.29 is 13.2 Å². The largest absolute Gasteiger partial charge is 0.352 e. The molecular weight excluding hydrogens is 368 g/mol. The highest BCUT2D eigenvalue weighted by Gasteiger charge is 2.39. The van der Waals surface area contributed by atoms with Crippen molar-refractivity contribution in [1.29, 1.82) is 0 Å². The molecule has 1 aromatic carbocycles. The first-order valence-electron chi connectivity index (χ1n) is 8.78. The summed E-state index contributed by atoms with van der Waals surface area (Å²) in [5, 5.41) is 7.05. The highest BCUT2D eigenvalue weighted by atomic mass is 32.2. The van der Waals surface area contributed by atoms with E-state index in [1.807, 2.05) is 25.3 Å². The summed E-state index contributed by atoms with van der Waals surface area (Å²) in [5.41, 5.74) is 2.18. The van der Waals surface area contributed by atoms with E-state index in [4.69, 9.17) is 0 Å². The maximum absolute atomic E-state index is 12.9. The third-order valence-electron chi connectivity index (χ3n) is 4.64. The van der Waals surface area contributed by atoms with E-state index < -0.39 is 16.1 Å². The summed E-state index contributed by atoms with van der Waals surface area (Å²) in [6.07, 6.45) is 2.00. The Morgan fingerprint density at radius 2 is 2.04 bits per heavy atom. The smallest absolute Gasteiger partial charge is 0.243 e. The quantitative estimate of drug-likeness (QED) is 0.822. The molecule has 0 bridgehead atoms. The molecule has 1 aliphatic heterocycles. The van der Waals surface area contributed by atoms with E-state index in [0.29, 0.717) is 19.4 Å². The molecule has 1 unspecified atom stereocenters. The van der Waals surface area contributed by atoms with Crippen LogP contribution >= 0.6 is 11.3 Å². The highest BCUT2D eigenvalue weighted by Crippen LogP contribution is 2.26. The summed E-state index contributed by atoms with van der Waals surface area (Å²) in [6.45, 7) is 4.24. The molecule has 1 fully saturated rings. The van der Waals surface area contributed by atoms with Crippen LogP contribution in [0.5, 0.6) is 0 Å². The van der Waals surface area contributed by atoms with Gasteiger partial charge in [0.25, 0.3) is 0 Å². The van der Waals surface area contributed by atoms with Crippen molar-refractivity contribution in [2.75, 3.05) is 6.54 Å². The summed E-state index contributed by atoms with van der Waals surface area (Å²) in [5.74, 6) is -0.207. The molecule has 1 N–H and O–H groups in total. The van der Waals surface area contributed by atoms with Gasteiger partial charge < -0.3 is 5.32 Å². The number of hydrogen-bond donors (Lipinski definition) is 1. The van der Waals surface area contributed by atoms with Gasteiger partial charge in [-0.15, -0.1) is 0 Å². The first-order chi connectivity index (χ1) is 12.4. The molecule has 2 atom stereocenters. The van der Waals surface area contributed by atoms with Gasteiger partial charge in [0.15, 0.2) is 0 Å². The third kappa shape index (κ3) is 4.16. The lowest BCUT2D eigenvalue weighted by Crippen LogP contribution is -2.48. The van der Waals surface area contributed by atoms with Crippen molar-refractivity contribution >= 4 is 27.3 Å². The van der Waals surface area contributed by atoms with E-state index in [1.165, 1.54) is 9.87 Å². The minimum Gasteiger partial charge on any atom is -0.352 e. The van der Waals surface area contributed by atoms with Crippen molar-refractivity contribution in [2.45, 2.75) is 50.1 Å². The minimum absolute atomic E-state index is 0.0402. The molecule has 5 nitrogen and oxygen atoms in total. The molecule has 1 aromatic heterocycles. The number of sulfonamides is 1. The average Bonchev–Trinajstić information content (AvgIpc) is 3.26. The number of nitrogens with zero attached hydrogens (tertiary/aromatic N) is 1. The lowest BCUT2D eigenvalue weighted by Gasteiger charge is -2.25. The molecule has 7 heteroatoms. The van der Waals surface area contributed by atoms with Crippen LogP contribution in [0.15, 0.2) is 46.0 Å². The number of thiophene rings is 1. The van der Waals surface area contributed by atoms with Crippen LogP contribution < -0.4 is 5.32 Å². The van der Waals surface area contributed by atoms with Gasteiger partial charge >= 0.3 is 0 Å². The van der Waals surface area contributed by atoms with Crippen molar-refractivity contribution in [2.24, 2.45) is 0 Å². The van der Waals surface area contributed by atoms with E-state index in [9.17, 15) is 13.2 Å². The predicted molar refractivity (Wildman–Crippen MR) is 104 cm³/mol. The van der Waals surface area contributed by atoms with Crippen molar-refractivity contribution in [3.63, 3.8) is 0 Å². The fraction of sp³-hybridized carbons (Fsp3) is 0.421. The second-order valence-electron chi connectivity index (χ2n) is 6.83. The van der Waals surface area contributed by atoms with Crippen LogP contribution in [0.25, 0.3) is 0 Å². The summed E-state index contributed by atoms with van der Waals surface area (Å²) in [7, 11) is -3.66. The Labute approximate surface area is 159 Å². The third-order valence-corrected chi connectivity index (χ3v) is 7.30. The molecule has 1 saturated heterocycles. The zero-order chi connectivity index (χ0) is 18.7. The molecular formula is C19H24N2O3S2. The number of carbonyl (C=O) groups is 1. The molecule has 0 aliphatic carbocycles. The van der Waals surface area contributed by atoms with Gasteiger partial charge in [0.05, 0.1) is 4.90 Å². The first kappa shape index (κ1) is 19.1. The van der Waals surface area contributed by atoms with Gasteiger partial charge in [-0.1, -0.05) is 17.7 Å². The Balaban J connectivity index is 1.70. The molecule has 0 radical (unpaired) electrons. The van der Waals surface area contributed by atoms with Crippen LogP contribution in [-0.2, 0) is 21.2 Å². The van der Waals surface area contributed by atoms with E-state index in [0.717, 1.165) is 12.0 Å². The Hall–Kier alpha value is -1.70. The zero-order valence-electron chi connectivity index (χ0n) is 15.0. The molecule has 2 heterocycles. The minimum atomic E-state index is -3.66.